The fraction of sp³-hybridized carbons (Fsp3) is 0.714. The molecule has 0 saturated heterocycles. The monoisotopic (exact) mass is 300 g/mol. The smallest absolute Gasteiger partial charge is 0.373 e. The molecule has 0 aliphatic heterocycles. The highest BCUT2D eigenvalue weighted by atomic mass is 19.4. The minimum Gasteiger partial charge on any atom is -0.373 e. The lowest BCUT2D eigenvalue weighted by Crippen LogP contribution is -2.37. The lowest BCUT2D eigenvalue weighted by molar-refractivity contribution is -0.120. The summed E-state index contributed by atoms with van der Waals surface area (Å²) in [5, 5.41) is 2.98. The Morgan fingerprint density at radius 2 is 1.86 bits per heavy atom. The molecule has 2 aliphatic carbocycles. The SMILES string of the molecule is CNc1nc(C2CC2)nc(N(CC(F)(F)F)C2CC2)c1C. The van der Waals surface area contributed by atoms with Gasteiger partial charge in [0.05, 0.1) is 0 Å². The summed E-state index contributed by atoms with van der Waals surface area (Å²) in [6, 6.07) is -0.0445. The van der Waals surface area contributed by atoms with Gasteiger partial charge in [-0.3, -0.25) is 0 Å². The molecule has 4 nitrogen and oxygen atoms in total. The van der Waals surface area contributed by atoms with Gasteiger partial charge in [-0.15, -0.1) is 0 Å². The lowest BCUT2D eigenvalue weighted by Gasteiger charge is -2.27. The predicted molar refractivity (Wildman–Crippen MR) is 74.7 cm³/mol. The van der Waals surface area contributed by atoms with Crippen molar-refractivity contribution in [2.24, 2.45) is 0 Å². The van der Waals surface area contributed by atoms with Gasteiger partial charge in [0.1, 0.15) is 24.0 Å². The Morgan fingerprint density at radius 3 is 2.33 bits per heavy atom. The summed E-state index contributed by atoms with van der Waals surface area (Å²) in [4.78, 5) is 10.3. The summed E-state index contributed by atoms with van der Waals surface area (Å²) >= 11 is 0. The van der Waals surface area contributed by atoms with Gasteiger partial charge in [-0.05, 0) is 32.6 Å². The number of alkyl halides is 3. The molecule has 1 aromatic rings. The van der Waals surface area contributed by atoms with Crippen LogP contribution in [0.5, 0.6) is 0 Å². The minimum atomic E-state index is -4.22. The average molecular weight is 300 g/mol. The highest BCUT2D eigenvalue weighted by molar-refractivity contribution is 5.60. The van der Waals surface area contributed by atoms with Crippen LogP contribution in [0, 0.1) is 6.92 Å². The normalized spacial score (nSPS) is 18.7. The molecule has 0 spiro atoms. The Bertz CT molecular complexity index is 536. The number of anilines is 2. The van der Waals surface area contributed by atoms with Gasteiger partial charge in [-0.2, -0.15) is 13.2 Å². The quantitative estimate of drug-likeness (QED) is 0.906. The first-order valence-corrected chi connectivity index (χ1v) is 7.28. The van der Waals surface area contributed by atoms with Crippen molar-refractivity contribution in [3.05, 3.63) is 11.4 Å². The molecule has 1 aromatic heterocycles. The molecule has 0 radical (unpaired) electrons. The highest BCUT2D eigenvalue weighted by Crippen LogP contribution is 2.42. The maximum Gasteiger partial charge on any atom is 0.405 e. The molecule has 0 unspecified atom stereocenters. The Labute approximate surface area is 121 Å². The van der Waals surface area contributed by atoms with E-state index in [1.165, 1.54) is 4.90 Å². The molecule has 1 N–H and O–H groups in total. The second kappa shape index (κ2) is 5.03. The van der Waals surface area contributed by atoms with Gasteiger partial charge < -0.3 is 10.2 Å². The number of nitrogens with zero attached hydrogens (tertiary/aromatic N) is 3. The third-order valence-corrected chi connectivity index (χ3v) is 3.93. The zero-order chi connectivity index (χ0) is 15.2. The first-order chi connectivity index (χ1) is 9.89. The molecule has 1 heterocycles. The largest absolute Gasteiger partial charge is 0.405 e. The Balaban J connectivity index is 1.99. The molecule has 2 aliphatic rings. The molecule has 0 aromatic carbocycles. The summed E-state index contributed by atoms with van der Waals surface area (Å²) in [7, 11) is 1.74. The van der Waals surface area contributed by atoms with Gasteiger partial charge in [0.15, 0.2) is 0 Å². The van der Waals surface area contributed by atoms with Crippen LogP contribution >= 0.6 is 0 Å². The molecule has 2 fully saturated rings. The van der Waals surface area contributed by atoms with Crippen molar-refractivity contribution in [2.75, 3.05) is 23.8 Å². The third-order valence-electron chi connectivity index (χ3n) is 3.93. The molecular weight excluding hydrogens is 281 g/mol. The van der Waals surface area contributed by atoms with Crippen molar-refractivity contribution in [1.29, 1.82) is 0 Å². The van der Waals surface area contributed by atoms with Crippen molar-refractivity contribution in [2.45, 2.75) is 50.7 Å². The Kier molecular flexibility index (Phi) is 3.45. The van der Waals surface area contributed by atoms with Crippen LogP contribution in [0.1, 0.15) is 43.0 Å². The first-order valence-electron chi connectivity index (χ1n) is 7.28. The van der Waals surface area contributed by atoms with Crippen molar-refractivity contribution in [3.63, 3.8) is 0 Å². The van der Waals surface area contributed by atoms with Crippen molar-refractivity contribution < 1.29 is 13.2 Å². The number of nitrogens with one attached hydrogen (secondary N) is 1. The van der Waals surface area contributed by atoms with E-state index in [-0.39, 0.29) is 6.04 Å². The first kappa shape index (κ1) is 14.4. The van der Waals surface area contributed by atoms with Gasteiger partial charge in [0.2, 0.25) is 0 Å². The second-order valence-electron chi connectivity index (χ2n) is 5.88. The van der Waals surface area contributed by atoms with Gasteiger partial charge in [0.25, 0.3) is 0 Å². The van der Waals surface area contributed by atoms with Crippen LogP contribution in [0.25, 0.3) is 0 Å². The number of hydrogen-bond acceptors (Lipinski definition) is 4. The number of halogens is 3. The van der Waals surface area contributed by atoms with Crippen LogP contribution in [-0.2, 0) is 0 Å². The van der Waals surface area contributed by atoms with Gasteiger partial charge in [-0.1, -0.05) is 0 Å². The molecule has 0 amide bonds. The molecule has 0 bridgehead atoms. The van der Waals surface area contributed by atoms with Crippen LogP contribution in [0.4, 0.5) is 24.8 Å². The molecule has 21 heavy (non-hydrogen) atoms. The number of rotatable bonds is 5. The average Bonchev–Trinajstić information content (AvgIpc) is 3.28. The predicted octanol–water partition coefficient (Wildman–Crippen LogP) is 3.24. The highest BCUT2D eigenvalue weighted by Gasteiger charge is 2.40. The summed E-state index contributed by atoms with van der Waals surface area (Å²) in [6.07, 6.45) is -0.581. The van der Waals surface area contributed by atoms with Gasteiger partial charge in [-0.25, -0.2) is 9.97 Å². The van der Waals surface area contributed by atoms with E-state index in [0.717, 1.165) is 25.7 Å². The van der Waals surface area contributed by atoms with Crippen LogP contribution in [0.3, 0.4) is 0 Å². The van der Waals surface area contributed by atoms with E-state index < -0.39 is 12.7 Å². The summed E-state index contributed by atoms with van der Waals surface area (Å²) in [5.41, 5.74) is 0.693. The van der Waals surface area contributed by atoms with Crippen molar-refractivity contribution >= 4 is 11.6 Å². The standard InChI is InChI=1S/C14H19F3N4/c1-8-11(18-2)19-12(9-3-4-9)20-13(8)21(10-5-6-10)7-14(15,16)17/h9-10H,3-7H2,1-2H3,(H,18,19,20). The molecule has 3 rings (SSSR count). The van der Waals surface area contributed by atoms with Crippen LogP contribution < -0.4 is 10.2 Å². The van der Waals surface area contributed by atoms with E-state index in [4.69, 9.17) is 0 Å². The fourth-order valence-electron chi connectivity index (χ4n) is 2.53. The molecule has 116 valence electrons. The maximum absolute atomic E-state index is 12.9. The molecule has 7 heteroatoms. The second-order valence-corrected chi connectivity index (χ2v) is 5.88. The van der Waals surface area contributed by atoms with Crippen LogP contribution in [0.15, 0.2) is 0 Å². The Hall–Kier alpha value is -1.53. The molecular formula is C14H19F3N4. The van der Waals surface area contributed by atoms with Gasteiger partial charge >= 0.3 is 6.18 Å². The number of hydrogen-bond donors (Lipinski definition) is 1. The topological polar surface area (TPSA) is 41.1 Å². The maximum atomic E-state index is 12.9. The van der Waals surface area contributed by atoms with Crippen molar-refractivity contribution in [3.8, 4) is 0 Å². The lowest BCUT2D eigenvalue weighted by atomic mass is 10.2. The van der Waals surface area contributed by atoms with E-state index in [0.29, 0.717) is 28.9 Å². The summed E-state index contributed by atoms with van der Waals surface area (Å²) < 4.78 is 38.6. The number of aromatic nitrogens is 2. The minimum absolute atomic E-state index is 0.0445. The summed E-state index contributed by atoms with van der Waals surface area (Å²) in [5.74, 6) is 2.06. The van der Waals surface area contributed by atoms with E-state index >= 15 is 0 Å². The fourth-order valence-corrected chi connectivity index (χ4v) is 2.53. The molecule has 0 atom stereocenters. The molecule has 2 saturated carbocycles. The Morgan fingerprint density at radius 1 is 1.19 bits per heavy atom. The third kappa shape index (κ3) is 3.22. The van der Waals surface area contributed by atoms with E-state index in [1.807, 2.05) is 0 Å². The van der Waals surface area contributed by atoms with Crippen molar-refractivity contribution in [1.82, 2.24) is 9.97 Å². The van der Waals surface area contributed by atoms with E-state index in [1.54, 1.807) is 14.0 Å². The van der Waals surface area contributed by atoms with Crippen LogP contribution in [-0.4, -0.2) is 35.8 Å². The van der Waals surface area contributed by atoms with Gasteiger partial charge in [0, 0.05) is 24.6 Å². The van der Waals surface area contributed by atoms with E-state index in [9.17, 15) is 13.2 Å². The van der Waals surface area contributed by atoms with Crippen LogP contribution in [0.2, 0.25) is 0 Å². The zero-order valence-electron chi connectivity index (χ0n) is 12.2. The zero-order valence-corrected chi connectivity index (χ0v) is 12.2. The summed E-state index contributed by atoms with van der Waals surface area (Å²) in [6.45, 7) is 0.840. The van der Waals surface area contributed by atoms with E-state index in [2.05, 4.69) is 15.3 Å².